The number of oxazole rings is 1. The van der Waals surface area contributed by atoms with E-state index >= 15 is 0 Å². The molecule has 3 aromatic rings. The summed E-state index contributed by atoms with van der Waals surface area (Å²) in [6.45, 7) is 3.78. The molecular formula is C25H25N5O4S. The predicted molar refractivity (Wildman–Crippen MR) is 136 cm³/mol. The average molecular weight is 492 g/mol. The van der Waals surface area contributed by atoms with Gasteiger partial charge in [0.2, 0.25) is 5.91 Å². The number of aryl methyl sites for hydroxylation is 1. The van der Waals surface area contributed by atoms with E-state index in [1.165, 1.54) is 11.8 Å². The fraction of sp³-hybridized carbons (Fsp3) is 0.320. The minimum Gasteiger partial charge on any atom is -0.441 e. The number of hydrogen-bond donors (Lipinski definition) is 2. The number of aromatic nitrogens is 1. The number of carbonyl (C=O) groups excluding carboxylic acids is 3. The van der Waals surface area contributed by atoms with Crippen LogP contribution in [0.3, 0.4) is 0 Å². The standard InChI is InChI=1S/C25H25N5O4S/c1-2-22-28-18-13-17(9-10-19(18)34-22)27-23(32)15-5-7-16(8-6-15)26-21(31)14-20-24(33)29-25(35-20)30-11-3-4-12-30/h5-10,13,20H,2-4,11-12,14H2,1H3,(H,26,31)(H,27,32). The van der Waals surface area contributed by atoms with Gasteiger partial charge in [0, 0.05) is 42.9 Å². The number of amidine groups is 1. The molecule has 2 N–H and O–H groups in total. The summed E-state index contributed by atoms with van der Waals surface area (Å²) < 4.78 is 5.60. The van der Waals surface area contributed by atoms with E-state index in [0.29, 0.717) is 40.3 Å². The Morgan fingerprint density at radius 3 is 2.57 bits per heavy atom. The minimum atomic E-state index is -0.494. The zero-order chi connectivity index (χ0) is 24.4. The second-order valence-electron chi connectivity index (χ2n) is 8.46. The highest BCUT2D eigenvalue weighted by molar-refractivity contribution is 8.15. The number of thioether (sulfide) groups is 1. The Hall–Kier alpha value is -3.66. The van der Waals surface area contributed by atoms with E-state index in [-0.39, 0.29) is 24.1 Å². The molecule has 0 aliphatic carbocycles. The highest BCUT2D eigenvalue weighted by Gasteiger charge is 2.33. The summed E-state index contributed by atoms with van der Waals surface area (Å²) in [5, 5.41) is 5.89. The Kier molecular flexibility index (Phi) is 6.54. The Bertz CT molecular complexity index is 1310. The number of nitrogens with one attached hydrogen (secondary N) is 2. The number of rotatable bonds is 6. The highest BCUT2D eigenvalue weighted by atomic mass is 32.2. The molecule has 0 spiro atoms. The third-order valence-electron chi connectivity index (χ3n) is 5.90. The monoisotopic (exact) mass is 491 g/mol. The topological polar surface area (TPSA) is 117 Å². The number of amides is 3. The van der Waals surface area contributed by atoms with Crippen molar-refractivity contribution in [3.8, 4) is 0 Å². The van der Waals surface area contributed by atoms with Gasteiger partial charge in [-0.3, -0.25) is 14.4 Å². The van der Waals surface area contributed by atoms with Crippen molar-refractivity contribution in [2.24, 2.45) is 4.99 Å². The van der Waals surface area contributed by atoms with E-state index in [9.17, 15) is 14.4 Å². The third kappa shape index (κ3) is 5.22. The van der Waals surface area contributed by atoms with E-state index in [1.807, 2.05) is 6.92 Å². The van der Waals surface area contributed by atoms with Gasteiger partial charge in [-0.05, 0) is 55.3 Å². The van der Waals surface area contributed by atoms with Gasteiger partial charge in [-0.25, -0.2) is 4.98 Å². The van der Waals surface area contributed by atoms with Gasteiger partial charge in [0.25, 0.3) is 11.8 Å². The maximum atomic E-state index is 12.7. The second kappa shape index (κ2) is 9.91. The van der Waals surface area contributed by atoms with Crippen LogP contribution in [0.25, 0.3) is 11.1 Å². The lowest BCUT2D eigenvalue weighted by atomic mass is 10.1. The van der Waals surface area contributed by atoms with Gasteiger partial charge in [-0.1, -0.05) is 18.7 Å². The van der Waals surface area contributed by atoms with Crippen LogP contribution in [0.4, 0.5) is 11.4 Å². The summed E-state index contributed by atoms with van der Waals surface area (Å²) in [5.41, 5.74) is 2.98. The van der Waals surface area contributed by atoms with E-state index in [1.54, 1.807) is 42.5 Å². The first-order valence-corrected chi connectivity index (χ1v) is 12.5. The molecule has 180 valence electrons. The molecule has 0 radical (unpaired) electrons. The van der Waals surface area contributed by atoms with Crippen molar-refractivity contribution in [2.75, 3.05) is 23.7 Å². The molecule has 3 heterocycles. The molecular weight excluding hydrogens is 466 g/mol. The summed E-state index contributed by atoms with van der Waals surface area (Å²) in [6.07, 6.45) is 2.95. The number of benzene rings is 2. The maximum absolute atomic E-state index is 12.7. The normalized spacial score (nSPS) is 17.6. The van der Waals surface area contributed by atoms with Crippen molar-refractivity contribution in [1.29, 1.82) is 0 Å². The van der Waals surface area contributed by atoms with Gasteiger partial charge in [0.1, 0.15) is 10.8 Å². The third-order valence-corrected chi connectivity index (χ3v) is 7.11. The SMILES string of the molecule is CCc1nc2cc(NC(=O)c3ccc(NC(=O)CC4SC(N5CCCC5)=NC4=O)cc3)ccc2o1. The smallest absolute Gasteiger partial charge is 0.262 e. The number of hydrogen-bond acceptors (Lipinski definition) is 7. The van der Waals surface area contributed by atoms with E-state index in [0.717, 1.165) is 31.1 Å². The lowest BCUT2D eigenvalue weighted by Crippen LogP contribution is -2.25. The summed E-state index contributed by atoms with van der Waals surface area (Å²) in [5.74, 6) is -0.148. The van der Waals surface area contributed by atoms with Crippen LogP contribution in [0.15, 0.2) is 51.9 Å². The first-order chi connectivity index (χ1) is 17.0. The van der Waals surface area contributed by atoms with Gasteiger partial charge in [-0.15, -0.1) is 0 Å². The maximum Gasteiger partial charge on any atom is 0.262 e. The Morgan fingerprint density at radius 1 is 1.09 bits per heavy atom. The Labute approximate surface area is 206 Å². The van der Waals surface area contributed by atoms with Crippen molar-refractivity contribution in [3.05, 3.63) is 53.9 Å². The molecule has 2 aromatic carbocycles. The van der Waals surface area contributed by atoms with Gasteiger partial charge in [0.05, 0.1) is 0 Å². The Morgan fingerprint density at radius 2 is 1.83 bits per heavy atom. The largest absolute Gasteiger partial charge is 0.441 e. The lowest BCUT2D eigenvalue weighted by molar-refractivity contribution is -0.121. The fourth-order valence-corrected chi connectivity index (χ4v) is 5.16. The van der Waals surface area contributed by atoms with E-state index < -0.39 is 5.25 Å². The number of fused-ring (bicyclic) bond motifs is 1. The van der Waals surface area contributed by atoms with Crippen LogP contribution in [0.1, 0.15) is 42.4 Å². The molecule has 1 atom stereocenters. The van der Waals surface area contributed by atoms with Crippen LogP contribution in [-0.2, 0) is 16.0 Å². The molecule has 2 aliphatic rings. The number of anilines is 2. The van der Waals surface area contributed by atoms with Crippen molar-refractivity contribution in [3.63, 3.8) is 0 Å². The van der Waals surface area contributed by atoms with E-state index in [4.69, 9.17) is 4.42 Å². The molecule has 1 fully saturated rings. The quantitative estimate of drug-likeness (QED) is 0.534. The summed E-state index contributed by atoms with van der Waals surface area (Å²) >= 11 is 1.37. The van der Waals surface area contributed by atoms with Crippen LogP contribution >= 0.6 is 11.8 Å². The van der Waals surface area contributed by atoms with Crippen molar-refractivity contribution in [1.82, 2.24) is 9.88 Å². The van der Waals surface area contributed by atoms with Crippen LogP contribution in [-0.4, -0.2) is 51.1 Å². The lowest BCUT2D eigenvalue weighted by Gasteiger charge is -2.16. The fourth-order valence-electron chi connectivity index (χ4n) is 4.05. The van der Waals surface area contributed by atoms with Crippen LogP contribution in [0.2, 0.25) is 0 Å². The first kappa shape index (κ1) is 23.1. The molecule has 10 heteroatoms. The first-order valence-electron chi connectivity index (χ1n) is 11.6. The van der Waals surface area contributed by atoms with Gasteiger partial charge in [0.15, 0.2) is 16.6 Å². The van der Waals surface area contributed by atoms with Crippen LogP contribution in [0, 0.1) is 0 Å². The van der Waals surface area contributed by atoms with E-state index in [2.05, 4.69) is 25.5 Å². The van der Waals surface area contributed by atoms with Crippen molar-refractivity contribution in [2.45, 2.75) is 37.9 Å². The molecule has 35 heavy (non-hydrogen) atoms. The molecule has 1 aromatic heterocycles. The van der Waals surface area contributed by atoms with Crippen molar-refractivity contribution < 1.29 is 18.8 Å². The summed E-state index contributed by atoms with van der Waals surface area (Å²) in [7, 11) is 0. The summed E-state index contributed by atoms with van der Waals surface area (Å²) in [4.78, 5) is 48.0. The number of aliphatic imine (C=N–C) groups is 1. The molecule has 5 rings (SSSR count). The Balaban J connectivity index is 1.15. The molecule has 0 bridgehead atoms. The molecule has 1 saturated heterocycles. The number of likely N-dealkylation sites (tertiary alicyclic amines) is 1. The van der Waals surface area contributed by atoms with Crippen LogP contribution < -0.4 is 10.6 Å². The van der Waals surface area contributed by atoms with Crippen LogP contribution in [0.5, 0.6) is 0 Å². The van der Waals surface area contributed by atoms with Gasteiger partial charge < -0.3 is 20.0 Å². The highest BCUT2D eigenvalue weighted by Crippen LogP contribution is 2.29. The average Bonchev–Trinajstić information content (AvgIpc) is 3.59. The molecule has 0 saturated carbocycles. The van der Waals surface area contributed by atoms with Gasteiger partial charge in [-0.2, -0.15) is 4.99 Å². The van der Waals surface area contributed by atoms with Gasteiger partial charge >= 0.3 is 0 Å². The second-order valence-corrected chi connectivity index (χ2v) is 9.63. The molecule has 9 nitrogen and oxygen atoms in total. The zero-order valence-electron chi connectivity index (χ0n) is 19.2. The zero-order valence-corrected chi connectivity index (χ0v) is 20.1. The molecule has 3 amide bonds. The molecule has 2 aliphatic heterocycles. The predicted octanol–water partition coefficient (Wildman–Crippen LogP) is 4.06. The minimum absolute atomic E-state index is 0.0524. The summed E-state index contributed by atoms with van der Waals surface area (Å²) in [6, 6.07) is 11.9. The molecule has 1 unspecified atom stereocenters. The van der Waals surface area contributed by atoms with Crippen molar-refractivity contribution >= 4 is 57.1 Å². The number of nitrogens with zero attached hydrogens (tertiary/aromatic N) is 3. The number of carbonyl (C=O) groups is 3.